The van der Waals surface area contributed by atoms with Crippen molar-refractivity contribution < 1.29 is 33.5 Å². The van der Waals surface area contributed by atoms with Gasteiger partial charge in [-0.15, -0.1) is 0 Å². The van der Waals surface area contributed by atoms with Gasteiger partial charge < -0.3 is 15.4 Å². The highest BCUT2D eigenvalue weighted by Crippen LogP contribution is 2.25. The van der Waals surface area contributed by atoms with Gasteiger partial charge in [-0.05, 0) is 55.9 Å². The molecule has 0 aromatic heterocycles. The van der Waals surface area contributed by atoms with Crippen LogP contribution in [0.25, 0.3) is 0 Å². The minimum Gasteiger partial charge on any atom is -0.454 e. The molecule has 0 bridgehead atoms. The standard InChI is InChI=1S/C31H36N4O7/c1-20(2)18-24(26(36)19-42-31(41)22-12-7-4-8-13-22)33-29(39)25-14-9-17-34-27(37)16-15-23(30(40)35(25)34)32-28(38)21-10-5-3-6-11-21/h3-8,10-13,20,23-25H,9,14-19H2,1-2H3,(H,32,38)(H,33,39)/t23-,24-,25?/m0/s1. The number of fused-ring (bicyclic) bond motifs is 1. The molecule has 0 aliphatic carbocycles. The molecule has 2 heterocycles. The van der Waals surface area contributed by atoms with Crippen LogP contribution < -0.4 is 10.6 Å². The SMILES string of the molecule is CC(C)C[C@H](NC(=O)C1CCCN2C(=O)CC[C@H](NC(=O)c3ccccc3)C(=O)N12)C(=O)COC(=O)c1ccccc1. The fraction of sp³-hybridized carbons (Fsp3) is 0.419. The van der Waals surface area contributed by atoms with Crippen LogP contribution in [0.15, 0.2) is 60.7 Å². The number of nitrogens with one attached hydrogen (secondary N) is 2. The van der Waals surface area contributed by atoms with E-state index >= 15 is 0 Å². The molecule has 2 aromatic carbocycles. The van der Waals surface area contributed by atoms with E-state index in [1.165, 1.54) is 5.01 Å². The smallest absolute Gasteiger partial charge is 0.338 e. The Morgan fingerprint density at radius 1 is 0.929 bits per heavy atom. The second kappa shape index (κ2) is 13.9. The van der Waals surface area contributed by atoms with Gasteiger partial charge in [-0.2, -0.15) is 0 Å². The van der Waals surface area contributed by atoms with Crippen molar-refractivity contribution >= 4 is 35.4 Å². The van der Waals surface area contributed by atoms with E-state index in [9.17, 15) is 28.8 Å². The molecule has 0 radical (unpaired) electrons. The largest absolute Gasteiger partial charge is 0.454 e. The lowest BCUT2D eigenvalue weighted by Gasteiger charge is -2.43. The van der Waals surface area contributed by atoms with Gasteiger partial charge in [0.2, 0.25) is 11.8 Å². The first-order chi connectivity index (χ1) is 20.2. The van der Waals surface area contributed by atoms with Gasteiger partial charge in [-0.25, -0.2) is 9.80 Å². The maximum absolute atomic E-state index is 13.7. The summed E-state index contributed by atoms with van der Waals surface area (Å²) in [4.78, 5) is 78.6. The highest BCUT2D eigenvalue weighted by molar-refractivity contribution is 6.00. The number of nitrogens with zero attached hydrogens (tertiary/aromatic N) is 2. The third kappa shape index (κ3) is 7.39. The summed E-state index contributed by atoms with van der Waals surface area (Å²) < 4.78 is 5.20. The van der Waals surface area contributed by atoms with Gasteiger partial charge in [0, 0.05) is 18.5 Å². The number of benzene rings is 2. The lowest BCUT2D eigenvalue weighted by Crippen LogP contribution is -2.64. The number of hydrogen-bond acceptors (Lipinski definition) is 7. The van der Waals surface area contributed by atoms with Crippen LogP contribution in [0.1, 0.15) is 66.7 Å². The van der Waals surface area contributed by atoms with Crippen LogP contribution in [0.4, 0.5) is 0 Å². The summed E-state index contributed by atoms with van der Waals surface area (Å²) in [6.45, 7) is 3.51. The number of ketones is 1. The quantitative estimate of drug-likeness (QED) is 0.413. The Kier molecular flexibility index (Phi) is 10.1. The Balaban J connectivity index is 1.48. The average Bonchev–Trinajstić information content (AvgIpc) is 3.12. The Morgan fingerprint density at radius 3 is 2.21 bits per heavy atom. The van der Waals surface area contributed by atoms with Gasteiger partial charge >= 0.3 is 5.97 Å². The highest BCUT2D eigenvalue weighted by atomic mass is 16.5. The van der Waals surface area contributed by atoms with E-state index in [2.05, 4.69) is 10.6 Å². The van der Waals surface area contributed by atoms with Crippen LogP contribution in [0, 0.1) is 5.92 Å². The number of rotatable bonds is 10. The number of hydrogen-bond donors (Lipinski definition) is 2. The van der Waals surface area contributed by atoms with Crippen molar-refractivity contribution in [3.63, 3.8) is 0 Å². The molecular formula is C31H36N4O7. The van der Waals surface area contributed by atoms with Crippen molar-refractivity contribution in [2.75, 3.05) is 13.2 Å². The van der Waals surface area contributed by atoms with Crippen molar-refractivity contribution in [1.82, 2.24) is 20.7 Å². The molecule has 2 N–H and O–H groups in total. The third-order valence-electron chi connectivity index (χ3n) is 7.27. The zero-order valence-corrected chi connectivity index (χ0v) is 23.8. The first-order valence-electron chi connectivity index (χ1n) is 14.2. The van der Waals surface area contributed by atoms with Gasteiger partial charge in [-0.1, -0.05) is 50.2 Å². The average molecular weight is 577 g/mol. The van der Waals surface area contributed by atoms with Crippen LogP contribution >= 0.6 is 0 Å². The maximum atomic E-state index is 13.7. The van der Waals surface area contributed by atoms with Gasteiger partial charge in [-0.3, -0.25) is 29.0 Å². The van der Waals surface area contributed by atoms with E-state index in [4.69, 9.17) is 4.74 Å². The number of esters is 1. The number of amides is 4. The predicted octanol–water partition coefficient (Wildman–Crippen LogP) is 2.27. The number of Topliss-reactive ketones (excluding diaryl/α,β-unsaturated/α-hetero) is 1. The molecule has 2 saturated heterocycles. The van der Waals surface area contributed by atoms with Crippen LogP contribution in [0.2, 0.25) is 0 Å². The lowest BCUT2D eigenvalue weighted by molar-refractivity contribution is -0.176. The summed E-state index contributed by atoms with van der Waals surface area (Å²) in [5.41, 5.74) is 0.670. The monoisotopic (exact) mass is 576 g/mol. The van der Waals surface area contributed by atoms with E-state index in [0.29, 0.717) is 17.5 Å². The zero-order valence-electron chi connectivity index (χ0n) is 23.8. The topological polar surface area (TPSA) is 142 Å². The molecule has 222 valence electrons. The minimum absolute atomic E-state index is 0.0194. The van der Waals surface area contributed by atoms with Gasteiger partial charge in [0.25, 0.3) is 11.8 Å². The van der Waals surface area contributed by atoms with Crippen LogP contribution in [0.5, 0.6) is 0 Å². The van der Waals surface area contributed by atoms with Crippen molar-refractivity contribution in [2.45, 2.75) is 64.1 Å². The highest BCUT2D eigenvalue weighted by Gasteiger charge is 2.45. The summed E-state index contributed by atoms with van der Waals surface area (Å²) >= 11 is 0. The first-order valence-corrected chi connectivity index (χ1v) is 14.2. The molecule has 11 heteroatoms. The number of carbonyl (C=O) groups is 6. The van der Waals surface area contributed by atoms with Gasteiger partial charge in [0.1, 0.15) is 12.1 Å². The van der Waals surface area contributed by atoms with E-state index < -0.39 is 54.2 Å². The second-order valence-electron chi connectivity index (χ2n) is 10.9. The van der Waals surface area contributed by atoms with Crippen molar-refractivity contribution in [3.8, 4) is 0 Å². The fourth-order valence-electron chi connectivity index (χ4n) is 5.14. The summed E-state index contributed by atoms with van der Waals surface area (Å²) in [6.07, 6.45) is 1.15. The molecular weight excluding hydrogens is 540 g/mol. The van der Waals surface area contributed by atoms with E-state index in [-0.39, 0.29) is 44.1 Å². The molecule has 2 aliphatic heterocycles. The Bertz CT molecular complexity index is 1320. The summed E-state index contributed by atoms with van der Waals surface area (Å²) in [5.74, 6) is -3.05. The molecule has 2 aliphatic rings. The summed E-state index contributed by atoms with van der Waals surface area (Å²) in [7, 11) is 0. The van der Waals surface area contributed by atoms with Gasteiger partial charge in [0.15, 0.2) is 12.4 Å². The van der Waals surface area contributed by atoms with E-state index in [1.54, 1.807) is 60.7 Å². The number of hydrazine groups is 1. The molecule has 4 rings (SSSR count). The Labute approximate surface area is 244 Å². The van der Waals surface area contributed by atoms with Crippen molar-refractivity contribution in [1.29, 1.82) is 0 Å². The van der Waals surface area contributed by atoms with Gasteiger partial charge in [0.05, 0.1) is 11.6 Å². The predicted molar refractivity (Wildman–Crippen MR) is 152 cm³/mol. The normalized spacial score (nSPS) is 19.4. The molecule has 0 spiro atoms. The number of carbonyl (C=O) groups excluding carboxylic acids is 6. The molecule has 0 saturated carbocycles. The van der Waals surface area contributed by atoms with E-state index in [0.717, 1.165) is 5.01 Å². The molecule has 2 aromatic rings. The molecule has 4 amide bonds. The Hall–Kier alpha value is -4.54. The van der Waals surface area contributed by atoms with Crippen molar-refractivity contribution in [3.05, 3.63) is 71.8 Å². The first kappa shape index (κ1) is 30.4. The van der Waals surface area contributed by atoms with Crippen LogP contribution in [0.3, 0.4) is 0 Å². The molecule has 2 fully saturated rings. The van der Waals surface area contributed by atoms with Crippen LogP contribution in [-0.4, -0.2) is 76.7 Å². The molecule has 42 heavy (non-hydrogen) atoms. The molecule has 3 atom stereocenters. The second-order valence-corrected chi connectivity index (χ2v) is 10.9. The number of ether oxygens (including phenoxy) is 1. The van der Waals surface area contributed by atoms with Crippen molar-refractivity contribution in [2.24, 2.45) is 5.92 Å². The maximum Gasteiger partial charge on any atom is 0.338 e. The minimum atomic E-state index is -1.06. The van der Waals surface area contributed by atoms with Crippen LogP contribution in [-0.2, 0) is 23.9 Å². The summed E-state index contributed by atoms with van der Waals surface area (Å²) in [5, 5.41) is 7.91. The fourth-order valence-corrected chi connectivity index (χ4v) is 5.14. The Morgan fingerprint density at radius 2 is 1.57 bits per heavy atom. The molecule has 1 unspecified atom stereocenters. The zero-order chi connectivity index (χ0) is 30.2. The third-order valence-corrected chi connectivity index (χ3v) is 7.27. The molecule has 11 nitrogen and oxygen atoms in total. The van der Waals surface area contributed by atoms with E-state index in [1.807, 2.05) is 13.8 Å². The summed E-state index contributed by atoms with van der Waals surface area (Å²) in [6, 6.07) is 13.6. The lowest BCUT2D eigenvalue weighted by atomic mass is 9.99.